The maximum Gasteiger partial charge on any atom is 0.224 e. The molecule has 2 aromatic carbocycles. The van der Waals surface area contributed by atoms with Crippen LogP contribution >= 0.6 is 0 Å². The summed E-state index contributed by atoms with van der Waals surface area (Å²) >= 11 is 0. The third-order valence-electron chi connectivity index (χ3n) is 4.94. The summed E-state index contributed by atoms with van der Waals surface area (Å²) in [6.45, 7) is 4.27. The molecule has 3 nitrogen and oxygen atoms in total. The molecule has 0 saturated carbocycles. The van der Waals surface area contributed by atoms with Gasteiger partial charge in [0.1, 0.15) is 0 Å². The molecule has 1 aliphatic heterocycles. The van der Waals surface area contributed by atoms with Crippen LogP contribution in [0.25, 0.3) is 0 Å². The highest BCUT2D eigenvalue weighted by atomic mass is 16.2. The van der Waals surface area contributed by atoms with Crippen molar-refractivity contribution in [2.24, 2.45) is 0 Å². The number of aryl methyl sites for hydroxylation is 2. The Hall–Kier alpha value is -2.42. The van der Waals surface area contributed by atoms with E-state index in [1.54, 1.807) is 6.92 Å². The third kappa shape index (κ3) is 3.81. The van der Waals surface area contributed by atoms with Gasteiger partial charge in [0.05, 0.1) is 6.54 Å². The molecule has 0 radical (unpaired) electrons. The van der Waals surface area contributed by atoms with E-state index < -0.39 is 0 Å². The van der Waals surface area contributed by atoms with E-state index in [4.69, 9.17) is 0 Å². The number of anilines is 1. The molecule has 0 fully saturated rings. The molecular formula is C22H25NO2. The van der Waals surface area contributed by atoms with Gasteiger partial charge in [-0.2, -0.15) is 0 Å². The molecule has 1 aliphatic rings. The summed E-state index contributed by atoms with van der Waals surface area (Å²) in [5.41, 5.74) is 5.31. The first-order valence-corrected chi connectivity index (χ1v) is 9.11. The Morgan fingerprint density at radius 1 is 1.00 bits per heavy atom. The third-order valence-corrected chi connectivity index (χ3v) is 4.94. The highest BCUT2D eigenvalue weighted by Gasteiger charge is 2.20. The average molecular weight is 335 g/mol. The van der Waals surface area contributed by atoms with E-state index in [2.05, 4.69) is 13.0 Å². The van der Waals surface area contributed by atoms with E-state index in [9.17, 15) is 9.59 Å². The number of hydrogen-bond acceptors (Lipinski definition) is 2. The highest BCUT2D eigenvalue weighted by Crippen LogP contribution is 2.29. The molecule has 0 bridgehead atoms. The molecule has 2 aromatic rings. The molecule has 130 valence electrons. The van der Waals surface area contributed by atoms with Crippen molar-refractivity contribution in [3.63, 3.8) is 0 Å². The normalized spacial score (nSPS) is 13.4. The van der Waals surface area contributed by atoms with Crippen molar-refractivity contribution in [3.8, 4) is 0 Å². The second-order valence-corrected chi connectivity index (χ2v) is 6.74. The molecule has 3 rings (SSSR count). The first-order valence-electron chi connectivity index (χ1n) is 9.11. The van der Waals surface area contributed by atoms with Gasteiger partial charge in [-0.1, -0.05) is 43.7 Å². The van der Waals surface area contributed by atoms with Crippen molar-refractivity contribution in [1.82, 2.24) is 0 Å². The number of unbranched alkanes of at least 4 members (excludes halogenated alkanes) is 1. The minimum Gasteiger partial charge on any atom is -0.308 e. The van der Waals surface area contributed by atoms with Crippen molar-refractivity contribution < 1.29 is 9.59 Å². The van der Waals surface area contributed by atoms with E-state index >= 15 is 0 Å². The fourth-order valence-corrected chi connectivity index (χ4v) is 3.46. The first kappa shape index (κ1) is 17.4. The molecule has 0 N–H and O–H groups in total. The van der Waals surface area contributed by atoms with Crippen LogP contribution in [0.3, 0.4) is 0 Å². The lowest BCUT2D eigenvalue weighted by atomic mass is 9.92. The van der Waals surface area contributed by atoms with Gasteiger partial charge in [-0.3, -0.25) is 9.59 Å². The smallest absolute Gasteiger partial charge is 0.224 e. The van der Waals surface area contributed by atoms with E-state index in [1.165, 1.54) is 11.1 Å². The minimum atomic E-state index is 0.0448. The van der Waals surface area contributed by atoms with Gasteiger partial charge in [-0.15, -0.1) is 0 Å². The quantitative estimate of drug-likeness (QED) is 0.759. The summed E-state index contributed by atoms with van der Waals surface area (Å²) in [5, 5.41) is 0. The van der Waals surface area contributed by atoms with E-state index in [1.807, 2.05) is 41.3 Å². The van der Waals surface area contributed by atoms with Crippen molar-refractivity contribution in [3.05, 3.63) is 64.7 Å². The zero-order chi connectivity index (χ0) is 17.8. The van der Waals surface area contributed by atoms with Crippen LogP contribution in [-0.2, 0) is 24.2 Å². The lowest BCUT2D eigenvalue weighted by molar-refractivity contribution is -0.116. The van der Waals surface area contributed by atoms with Gasteiger partial charge in [0, 0.05) is 24.6 Å². The summed E-state index contributed by atoms with van der Waals surface area (Å²) in [6, 6.07) is 14.1. The molecule has 0 saturated heterocycles. The van der Waals surface area contributed by atoms with Crippen LogP contribution < -0.4 is 4.90 Å². The number of nitrogens with zero attached hydrogens (tertiary/aromatic N) is 1. The fraction of sp³-hybridized carbons (Fsp3) is 0.364. The van der Waals surface area contributed by atoms with E-state index in [0.717, 1.165) is 42.5 Å². The highest BCUT2D eigenvalue weighted by molar-refractivity contribution is 5.96. The maximum atomic E-state index is 12.3. The predicted molar refractivity (Wildman–Crippen MR) is 101 cm³/mol. The second kappa shape index (κ2) is 7.64. The number of hydrogen-bond donors (Lipinski definition) is 0. The molecule has 0 unspecified atom stereocenters. The topological polar surface area (TPSA) is 37.4 Å². The number of carbonyl (C=O) groups is 2. The fourth-order valence-electron chi connectivity index (χ4n) is 3.46. The summed E-state index contributed by atoms with van der Waals surface area (Å²) < 4.78 is 0. The number of fused-ring (bicyclic) bond motifs is 2. The minimum absolute atomic E-state index is 0.0448. The number of benzene rings is 2. The standard InChI is InChI=1S/C22H25NO2/c1-3-4-9-22(25)19-12-13-20-15-23(16(2)24)21-8-6-5-7-17(21)10-11-18(20)14-19/h5-8,12-14H,3-4,9-11,15H2,1-2H3. The zero-order valence-electron chi connectivity index (χ0n) is 15.0. The van der Waals surface area contributed by atoms with Crippen LogP contribution in [0, 0.1) is 0 Å². The first-order chi connectivity index (χ1) is 12.1. The molecule has 1 heterocycles. The number of ketones is 1. The van der Waals surface area contributed by atoms with Crippen molar-refractivity contribution >= 4 is 17.4 Å². The van der Waals surface area contributed by atoms with E-state index in [-0.39, 0.29) is 11.7 Å². The maximum absolute atomic E-state index is 12.3. The van der Waals surface area contributed by atoms with Gasteiger partial charge < -0.3 is 4.90 Å². The summed E-state index contributed by atoms with van der Waals surface area (Å²) in [7, 11) is 0. The van der Waals surface area contributed by atoms with Crippen LogP contribution in [0.5, 0.6) is 0 Å². The predicted octanol–water partition coefficient (Wildman–Crippen LogP) is 4.71. The van der Waals surface area contributed by atoms with Crippen molar-refractivity contribution in [1.29, 1.82) is 0 Å². The Morgan fingerprint density at radius 3 is 2.52 bits per heavy atom. The van der Waals surface area contributed by atoms with Crippen LogP contribution in [-0.4, -0.2) is 11.7 Å². The molecule has 1 amide bonds. The van der Waals surface area contributed by atoms with Crippen LogP contribution in [0.15, 0.2) is 42.5 Å². The molecule has 0 aliphatic carbocycles. The Kier molecular flexibility index (Phi) is 5.32. The molecular weight excluding hydrogens is 310 g/mol. The lowest BCUT2D eigenvalue weighted by Gasteiger charge is -2.28. The zero-order valence-corrected chi connectivity index (χ0v) is 15.0. The summed E-state index contributed by atoms with van der Waals surface area (Å²) in [4.78, 5) is 26.4. The molecule has 25 heavy (non-hydrogen) atoms. The Labute approximate surface area is 149 Å². The number of para-hydroxylation sites is 1. The van der Waals surface area contributed by atoms with E-state index in [0.29, 0.717) is 13.0 Å². The van der Waals surface area contributed by atoms with Gasteiger partial charge in [0.15, 0.2) is 5.78 Å². The SMILES string of the molecule is CCCCC(=O)c1ccc2c(c1)CCc1ccccc1N(C(C)=O)C2. The molecule has 0 spiro atoms. The second-order valence-electron chi connectivity index (χ2n) is 6.74. The van der Waals surface area contributed by atoms with Crippen LogP contribution in [0.1, 0.15) is 60.2 Å². The van der Waals surface area contributed by atoms with Gasteiger partial charge >= 0.3 is 0 Å². The van der Waals surface area contributed by atoms with Crippen LogP contribution in [0.2, 0.25) is 0 Å². The van der Waals surface area contributed by atoms with Gasteiger partial charge in [0.2, 0.25) is 5.91 Å². The number of rotatable bonds is 4. The number of carbonyl (C=O) groups excluding carboxylic acids is 2. The van der Waals surface area contributed by atoms with Crippen molar-refractivity contribution in [2.45, 2.75) is 52.5 Å². The van der Waals surface area contributed by atoms with Crippen molar-refractivity contribution in [2.75, 3.05) is 4.90 Å². The summed E-state index contributed by atoms with van der Waals surface area (Å²) in [6.07, 6.45) is 4.34. The Bertz CT molecular complexity index is 794. The largest absolute Gasteiger partial charge is 0.308 e. The number of amides is 1. The van der Waals surface area contributed by atoms with Gasteiger partial charge in [-0.25, -0.2) is 0 Å². The van der Waals surface area contributed by atoms with Gasteiger partial charge in [0.25, 0.3) is 0 Å². The lowest BCUT2D eigenvalue weighted by Crippen LogP contribution is -2.30. The monoisotopic (exact) mass is 335 g/mol. The molecule has 0 atom stereocenters. The summed E-state index contributed by atoms with van der Waals surface area (Å²) in [5.74, 6) is 0.263. The Morgan fingerprint density at radius 2 is 1.76 bits per heavy atom. The van der Waals surface area contributed by atoms with Gasteiger partial charge in [-0.05, 0) is 48.1 Å². The Balaban J connectivity index is 1.94. The number of Topliss-reactive ketones (excluding diaryl/α,β-unsaturated/α-hetero) is 1. The average Bonchev–Trinajstić information content (AvgIpc) is 2.61. The van der Waals surface area contributed by atoms with Crippen LogP contribution in [0.4, 0.5) is 5.69 Å². The molecule has 3 heteroatoms. The molecule has 0 aromatic heterocycles.